The van der Waals surface area contributed by atoms with Crippen molar-refractivity contribution in [3.63, 3.8) is 0 Å². The molecule has 0 radical (unpaired) electrons. The summed E-state index contributed by atoms with van der Waals surface area (Å²) in [5.74, 6) is 0. The molecule has 2 rings (SSSR count). The lowest BCUT2D eigenvalue weighted by molar-refractivity contribution is -0.139. The molecule has 0 bridgehead atoms. The van der Waals surface area contributed by atoms with Gasteiger partial charge in [-0.25, -0.2) is 8.42 Å². The highest BCUT2D eigenvalue weighted by atomic mass is 32.2. The Bertz CT molecular complexity index is 799. The molecule has 0 amide bonds. The van der Waals surface area contributed by atoms with Crippen molar-refractivity contribution in [2.45, 2.75) is 24.9 Å². The lowest BCUT2D eigenvalue weighted by Gasteiger charge is -2.16. The molecule has 0 unspecified atom stereocenters. The first-order chi connectivity index (χ1) is 10.1. The van der Waals surface area contributed by atoms with E-state index < -0.39 is 26.7 Å². The summed E-state index contributed by atoms with van der Waals surface area (Å²) < 4.78 is 65.8. The summed E-state index contributed by atoms with van der Waals surface area (Å²) in [7, 11) is -4.34. The number of sulfonamides is 1. The lowest BCUT2D eigenvalue weighted by atomic mass is 10.1. The topological polar surface area (TPSA) is 46.2 Å². The van der Waals surface area contributed by atoms with Crippen molar-refractivity contribution in [2.24, 2.45) is 0 Å². The fraction of sp³-hybridized carbons (Fsp3) is 0.200. The number of rotatable bonds is 3. The lowest BCUT2D eigenvalue weighted by Crippen LogP contribution is -2.19. The predicted octanol–water partition coefficient (Wildman–Crippen LogP) is 4.12. The van der Waals surface area contributed by atoms with Crippen molar-refractivity contribution in [3.8, 4) is 0 Å². The van der Waals surface area contributed by atoms with Gasteiger partial charge in [0.1, 0.15) is 0 Å². The number of nitrogens with one attached hydrogen (secondary N) is 1. The van der Waals surface area contributed by atoms with E-state index in [9.17, 15) is 21.6 Å². The van der Waals surface area contributed by atoms with Gasteiger partial charge in [-0.3, -0.25) is 4.72 Å². The average Bonchev–Trinajstić information content (AvgIpc) is 2.43. The van der Waals surface area contributed by atoms with E-state index in [1.165, 1.54) is 12.1 Å². The minimum Gasteiger partial charge on any atom is -0.279 e. The van der Waals surface area contributed by atoms with Gasteiger partial charge in [-0.15, -0.1) is 0 Å². The molecule has 2 aromatic rings. The maximum Gasteiger partial charge on any atom is 0.417 e. The summed E-state index contributed by atoms with van der Waals surface area (Å²) in [4.78, 5) is -0.789. The highest BCUT2D eigenvalue weighted by Gasteiger charge is 2.36. The van der Waals surface area contributed by atoms with Crippen molar-refractivity contribution in [3.05, 3.63) is 59.2 Å². The molecule has 7 heteroatoms. The highest BCUT2D eigenvalue weighted by Crippen LogP contribution is 2.34. The smallest absolute Gasteiger partial charge is 0.279 e. The predicted molar refractivity (Wildman–Crippen MR) is 78.2 cm³/mol. The number of benzene rings is 2. The van der Waals surface area contributed by atoms with Crippen LogP contribution in [0.4, 0.5) is 18.9 Å². The Morgan fingerprint density at radius 3 is 2.23 bits per heavy atom. The van der Waals surface area contributed by atoms with E-state index in [0.717, 1.165) is 23.8 Å². The molecule has 0 saturated heterocycles. The zero-order valence-corrected chi connectivity index (χ0v) is 12.7. The van der Waals surface area contributed by atoms with Crippen LogP contribution in [0.3, 0.4) is 0 Å². The first-order valence-corrected chi connectivity index (χ1v) is 7.86. The van der Waals surface area contributed by atoms with E-state index >= 15 is 0 Å². The number of anilines is 1. The van der Waals surface area contributed by atoms with E-state index in [1.54, 1.807) is 26.0 Å². The summed E-state index contributed by atoms with van der Waals surface area (Å²) in [6.07, 6.45) is -4.74. The van der Waals surface area contributed by atoms with Crippen LogP contribution >= 0.6 is 0 Å². The SMILES string of the molecule is Cc1cccc(NS(=O)(=O)c2ccccc2C(F)(F)F)c1C. The third-order valence-corrected chi connectivity index (χ3v) is 4.75. The number of halogens is 3. The Morgan fingerprint density at radius 1 is 0.955 bits per heavy atom. The Balaban J connectivity index is 2.51. The molecule has 118 valence electrons. The molecular weight excluding hydrogens is 315 g/mol. The number of aryl methyl sites for hydroxylation is 1. The Morgan fingerprint density at radius 2 is 1.59 bits per heavy atom. The molecule has 0 aliphatic heterocycles. The van der Waals surface area contributed by atoms with Gasteiger partial charge in [-0.1, -0.05) is 24.3 Å². The van der Waals surface area contributed by atoms with Crippen molar-refractivity contribution < 1.29 is 21.6 Å². The largest absolute Gasteiger partial charge is 0.417 e. The maximum atomic E-state index is 13.0. The monoisotopic (exact) mass is 329 g/mol. The van der Waals surface area contributed by atoms with Crippen molar-refractivity contribution in [1.29, 1.82) is 0 Å². The number of hydrogen-bond donors (Lipinski definition) is 1. The second kappa shape index (κ2) is 5.64. The van der Waals surface area contributed by atoms with Crippen LogP contribution in [-0.2, 0) is 16.2 Å². The standard InChI is InChI=1S/C15H14F3NO2S/c1-10-6-5-8-13(11(10)2)19-22(20,21)14-9-4-3-7-12(14)15(16,17)18/h3-9,19H,1-2H3. The van der Waals surface area contributed by atoms with Gasteiger partial charge in [0.15, 0.2) is 0 Å². The van der Waals surface area contributed by atoms with Crippen LogP contribution < -0.4 is 4.72 Å². The molecule has 3 nitrogen and oxygen atoms in total. The number of hydrogen-bond acceptors (Lipinski definition) is 2. The third-order valence-electron chi connectivity index (χ3n) is 3.33. The minimum atomic E-state index is -4.74. The van der Waals surface area contributed by atoms with Gasteiger partial charge >= 0.3 is 6.18 Å². The Hall–Kier alpha value is -2.02. The van der Waals surface area contributed by atoms with E-state index in [-0.39, 0.29) is 5.69 Å². The fourth-order valence-electron chi connectivity index (χ4n) is 2.00. The van der Waals surface area contributed by atoms with E-state index in [2.05, 4.69) is 4.72 Å². The average molecular weight is 329 g/mol. The summed E-state index contributed by atoms with van der Waals surface area (Å²) in [5, 5.41) is 0. The minimum absolute atomic E-state index is 0.261. The second-order valence-electron chi connectivity index (χ2n) is 4.85. The molecule has 0 atom stereocenters. The van der Waals surface area contributed by atoms with Crippen LogP contribution in [0.5, 0.6) is 0 Å². The zero-order valence-electron chi connectivity index (χ0n) is 11.9. The van der Waals surface area contributed by atoms with Crippen molar-refractivity contribution in [1.82, 2.24) is 0 Å². The van der Waals surface area contributed by atoms with Crippen LogP contribution in [0.25, 0.3) is 0 Å². The van der Waals surface area contributed by atoms with Crippen LogP contribution in [0, 0.1) is 13.8 Å². The van der Waals surface area contributed by atoms with Gasteiger partial charge in [0.2, 0.25) is 0 Å². The van der Waals surface area contributed by atoms with Crippen LogP contribution in [0.2, 0.25) is 0 Å². The Kier molecular flexibility index (Phi) is 4.19. The molecule has 0 heterocycles. The van der Waals surface area contributed by atoms with Crippen LogP contribution in [0.15, 0.2) is 47.4 Å². The molecule has 0 fully saturated rings. The molecule has 0 aliphatic rings. The quantitative estimate of drug-likeness (QED) is 0.920. The molecule has 1 N–H and O–H groups in total. The van der Waals surface area contributed by atoms with Gasteiger partial charge in [0.25, 0.3) is 10.0 Å². The summed E-state index contributed by atoms with van der Waals surface area (Å²) in [5.41, 5.74) is 0.574. The number of alkyl halides is 3. The maximum absolute atomic E-state index is 13.0. The molecular formula is C15H14F3NO2S. The van der Waals surface area contributed by atoms with Gasteiger partial charge in [-0.05, 0) is 43.2 Å². The molecule has 0 spiro atoms. The molecule has 0 aliphatic carbocycles. The highest BCUT2D eigenvalue weighted by molar-refractivity contribution is 7.92. The van der Waals surface area contributed by atoms with Crippen LogP contribution in [0.1, 0.15) is 16.7 Å². The zero-order chi connectivity index (χ0) is 16.5. The molecule has 22 heavy (non-hydrogen) atoms. The third kappa shape index (κ3) is 3.24. The van der Waals surface area contributed by atoms with Gasteiger partial charge in [0.05, 0.1) is 16.1 Å². The van der Waals surface area contributed by atoms with Gasteiger partial charge in [-0.2, -0.15) is 13.2 Å². The summed E-state index contributed by atoms with van der Waals surface area (Å²) in [6.45, 7) is 3.49. The summed E-state index contributed by atoms with van der Waals surface area (Å²) >= 11 is 0. The summed E-state index contributed by atoms with van der Waals surface area (Å²) in [6, 6.07) is 9.03. The molecule has 2 aromatic carbocycles. The normalized spacial score (nSPS) is 12.2. The fourth-order valence-corrected chi connectivity index (χ4v) is 3.35. The van der Waals surface area contributed by atoms with E-state index in [0.29, 0.717) is 5.56 Å². The molecule has 0 saturated carbocycles. The van der Waals surface area contributed by atoms with Crippen LogP contribution in [-0.4, -0.2) is 8.42 Å². The Labute approximate surface area is 126 Å². The molecule has 0 aromatic heterocycles. The second-order valence-corrected chi connectivity index (χ2v) is 6.50. The van der Waals surface area contributed by atoms with E-state index in [1.807, 2.05) is 0 Å². The van der Waals surface area contributed by atoms with Gasteiger partial charge in [0, 0.05) is 0 Å². The first-order valence-electron chi connectivity index (χ1n) is 6.38. The van der Waals surface area contributed by atoms with Gasteiger partial charge < -0.3 is 0 Å². The first kappa shape index (κ1) is 16.4. The van der Waals surface area contributed by atoms with E-state index in [4.69, 9.17) is 0 Å². The van der Waals surface area contributed by atoms with Crippen molar-refractivity contribution in [2.75, 3.05) is 4.72 Å². The van der Waals surface area contributed by atoms with Crippen molar-refractivity contribution >= 4 is 15.7 Å².